The third-order valence-electron chi connectivity index (χ3n) is 4.95. The molecule has 0 saturated carbocycles. The van der Waals surface area contributed by atoms with Gasteiger partial charge < -0.3 is 10.1 Å². The van der Waals surface area contributed by atoms with E-state index in [0.29, 0.717) is 5.02 Å². The normalized spacial score (nSPS) is 11.3. The Hall–Kier alpha value is -2.28. The van der Waals surface area contributed by atoms with Crippen molar-refractivity contribution in [3.8, 4) is 22.3 Å². The summed E-state index contributed by atoms with van der Waals surface area (Å²) >= 11 is 7.76. The van der Waals surface area contributed by atoms with Crippen molar-refractivity contribution >= 4 is 34.5 Å². The Morgan fingerprint density at radius 1 is 0.933 bits per heavy atom. The molecule has 1 heterocycles. The van der Waals surface area contributed by atoms with Crippen LogP contribution in [0.1, 0.15) is 12.1 Å². The van der Waals surface area contributed by atoms with Crippen LogP contribution >= 0.6 is 23.6 Å². The lowest BCUT2D eigenvalue weighted by Crippen LogP contribution is -1.88. The van der Waals surface area contributed by atoms with Crippen LogP contribution < -0.4 is 0 Å². The molecule has 0 saturated heterocycles. The van der Waals surface area contributed by atoms with Gasteiger partial charge in [0.15, 0.2) is 0 Å². The molecule has 0 fully saturated rings. The smallest absolute Gasteiger partial charge is 0.0725 e. The monoisotopic (exact) mass is 439 g/mol. The third kappa shape index (κ3) is 4.72. The fourth-order valence-corrected chi connectivity index (χ4v) is 4.12. The van der Waals surface area contributed by atoms with Crippen LogP contribution in [0.2, 0.25) is 5.02 Å². The number of halogens is 1. The van der Waals surface area contributed by atoms with Crippen molar-refractivity contribution in [2.24, 2.45) is 0 Å². The molecule has 0 aliphatic rings. The fourth-order valence-electron chi connectivity index (χ4n) is 3.46. The standard InChI is InChI=1S/C24H22ClNO3S/c1-28-29-30-21-10-8-17(9-11-21)16-4-6-18(7-5-16)22-14-19-13-20(3-2-12-27)26-24(19)15-23(22)25/h4-11,13-15,26-27H,2-3,12H2,1H3. The topological polar surface area (TPSA) is 54.5 Å². The summed E-state index contributed by atoms with van der Waals surface area (Å²) in [6.07, 6.45) is 1.57. The Morgan fingerprint density at radius 3 is 2.27 bits per heavy atom. The summed E-state index contributed by atoms with van der Waals surface area (Å²) < 4.78 is 4.88. The molecule has 0 amide bonds. The summed E-state index contributed by atoms with van der Waals surface area (Å²) in [7, 11) is 1.49. The Labute approximate surface area is 184 Å². The lowest BCUT2D eigenvalue weighted by atomic mass is 9.99. The maximum atomic E-state index is 9.05. The first-order chi connectivity index (χ1) is 14.7. The second-order valence-electron chi connectivity index (χ2n) is 6.96. The lowest BCUT2D eigenvalue weighted by Gasteiger charge is -2.08. The van der Waals surface area contributed by atoms with Crippen molar-refractivity contribution in [3.05, 3.63) is 77.4 Å². The summed E-state index contributed by atoms with van der Waals surface area (Å²) in [5, 5.41) is 10.9. The minimum Gasteiger partial charge on any atom is -0.396 e. The number of aliphatic hydroxyl groups excluding tert-OH is 1. The van der Waals surface area contributed by atoms with E-state index < -0.39 is 0 Å². The number of fused-ring (bicyclic) bond motifs is 1. The van der Waals surface area contributed by atoms with Crippen molar-refractivity contribution in [2.75, 3.05) is 13.7 Å². The highest BCUT2D eigenvalue weighted by atomic mass is 35.5. The number of H-pyrrole nitrogens is 1. The molecular weight excluding hydrogens is 418 g/mol. The van der Waals surface area contributed by atoms with Gasteiger partial charge in [0, 0.05) is 33.7 Å². The minimum absolute atomic E-state index is 0.191. The maximum absolute atomic E-state index is 9.05. The van der Waals surface area contributed by atoms with Gasteiger partial charge in [0.05, 0.1) is 24.2 Å². The van der Waals surface area contributed by atoms with Gasteiger partial charge in [-0.25, -0.2) is 4.89 Å². The van der Waals surface area contributed by atoms with Crippen molar-refractivity contribution in [1.29, 1.82) is 0 Å². The number of hydrogen-bond acceptors (Lipinski definition) is 4. The van der Waals surface area contributed by atoms with Crippen LogP contribution in [0.5, 0.6) is 0 Å². The van der Waals surface area contributed by atoms with E-state index in [1.165, 1.54) is 19.2 Å². The van der Waals surface area contributed by atoms with E-state index in [0.717, 1.165) is 56.6 Å². The van der Waals surface area contributed by atoms with Gasteiger partial charge in [0.2, 0.25) is 0 Å². The third-order valence-corrected chi connectivity index (χ3v) is 5.93. The largest absolute Gasteiger partial charge is 0.396 e. The molecule has 0 atom stereocenters. The first kappa shape index (κ1) is 21.0. The number of benzene rings is 3. The van der Waals surface area contributed by atoms with E-state index >= 15 is 0 Å². The number of aryl methyl sites for hydroxylation is 1. The van der Waals surface area contributed by atoms with Crippen molar-refractivity contribution in [3.63, 3.8) is 0 Å². The van der Waals surface area contributed by atoms with Crippen LogP contribution in [-0.4, -0.2) is 23.8 Å². The molecule has 0 aliphatic heterocycles. The zero-order chi connectivity index (χ0) is 20.9. The SMILES string of the molecule is COOSc1ccc(-c2ccc(-c3cc4cc(CCCO)[nH]c4cc3Cl)cc2)cc1. The van der Waals surface area contributed by atoms with E-state index in [9.17, 15) is 0 Å². The molecule has 0 bridgehead atoms. The first-order valence-electron chi connectivity index (χ1n) is 9.68. The highest BCUT2D eigenvalue weighted by Gasteiger charge is 2.09. The van der Waals surface area contributed by atoms with Crippen LogP contribution in [-0.2, 0) is 15.6 Å². The molecule has 4 nitrogen and oxygen atoms in total. The summed E-state index contributed by atoms with van der Waals surface area (Å²) in [5.41, 5.74) is 6.47. The molecule has 30 heavy (non-hydrogen) atoms. The van der Waals surface area contributed by atoms with Gasteiger partial charge in [0.25, 0.3) is 0 Å². The number of nitrogens with one attached hydrogen (secondary N) is 1. The van der Waals surface area contributed by atoms with Crippen LogP contribution in [0, 0.1) is 0 Å². The molecule has 3 aromatic carbocycles. The lowest BCUT2D eigenvalue weighted by molar-refractivity contribution is -0.160. The molecule has 4 rings (SSSR count). The molecule has 2 N–H and O–H groups in total. The minimum atomic E-state index is 0.191. The average Bonchev–Trinajstić information content (AvgIpc) is 3.17. The van der Waals surface area contributed by atoms with E-state index in [4.69, 9.17) is 21.0 Å². The van der Waals surface area contributed by atoms with E-state index in [-0.39, 0.29) is 6.61 Å². The average molecular weight is 440 g/mol. The predicted octanol–water partition coefficient (Wildman–Crippen LogP) is 6.67. The Balaban J connectivity index is 1.57. The molecule has 0 spiro atoms. The molecular formula is C24H22ClNO3S. The molecule has 0 unspecified atom stereocenters. The molecule has 6 heteroatoms. The predicted molar refractivity (Wildman–Crippen MR) is 124 cm³/mol. The summed E-state index contributed by atoms with van der Waals surface area (Å²) in [4.78, 5) is 8.97. The van der Waals surface area contributed by atoms with E-state index in [1.807, 2.05) is 18.2 Å². The molecule has 1 aromatic heterocycles. The zero-order valence-corrected chi connectivity index (χ0v) is 18.1. The molecule has 4 aromatic rings. The summed E-state index contributed by atoms with van der Waals surface area (Å²) in [6.45, 7) is 0.191. The van der Waals surface area contributed by atoms with Crippen molar-refractivity contribution in [2.45, 2.75) is 17.7 Å². The number of rotatable bonds is 8. The van der Waals surface area contributed by atoms with Crippen LogP contribution in [0.25, 0.3) is 33.2 Å². The molecule has 0 radical (unpaired) electrons. The summed E-state index contributed by atoms with van der Waals surface area (Å²) in [5.74, 6) is 0. The fraction of sp³-hybridized carbons (Fsp3) is 0.167. The van der Waals surface area contributed by atoms with Gasteiger partial charge in [-0.15, -0.1) is 0 Å². The highest BCUT2D eigenvalue weighted by molar-refractivity contribution is 7.94. The van der Waals surface area contributed by atoms with Crippen molar-refractivity contribution in [1.82, 2.24) is 4.98 Å². The number of aromatic nitrogens is 1. The van der Waals surface area contributed by atoms with Gasteiger partial charge in [0.1, 0.15) is 0 Å². The van der Waals surface area contributed by atoms with Gasteiger partial charge in [-0.1, -0.05) is 48.0 Å². The molecule has 0 aliphatic carbocycles. The Morgan fingerprint density at radius 2 is 1.60 bits per heavy atom. The van der Waals surface area contributed by atoms with Gasteiger partial charge >= 0.3 is 0 Å². The number of aliphatic hydroxyl groups is 1. The van der Waals surface area contributed by atoms with Crippen LogP contribution in [0.15, 0.2) is 71.6 Å². The second-order valence-corrected chi connectivity index (χ2v) is 8.14. The van der Waals surface area contributed by atoms with E-state index in [2.05, 4.69) is 58.4 Å². The summed E-state index contributed by atoms with van der Waals surface area (Å²) in [6, 6.07) is 22.7. The Kier molecular flexibility index (Phi) is 6.77. The first-order valence-corrected chi connectivity index (χ1v) is 10.8. The highest BCUT2D eigenvalue weighted by Crippen LogP contribution is 2.34. The maximum Gasteiger partial charge on any atom is 0.0725 e. The van der Waals surface area contributed by atoms with Crippen molar-refractivity contribution < 1.29 is 14.3 Å². The van der Waals surface area contributed by atoms with Gasteiger partial charge in [-0.2, -0.15) is 4.33 Å². The second kappa shape index (κ2) is 9.69. The number of hydrogen-bond donors (Lipinski definition) is 2. The zero-order valence-electron chi connectivity index (χ0n) is 16.5. The quantitative estimate of drug-likeness (QED) is 0.183. The van der Waals surface area contributed by atoms with Crippen LogP contribution in [0.4, 0.5) is 0 Å². The van der Waals surface area contributed by atoms with E-state index in [1.54, 1.807) is 0 Å². The van der Waals surface area contributed by atoms with Gasteiger partial charge in [-0.05, 0) is 59.9 Å². The molecule has 154 valence electrons. The number of aromatic amines is 1. The van der Waals surface area contributed by atoms with Gasteiger partial charge in [-0.3, -0.25) is 0 Å². The van der Waals surface area contributed by atoms with Crippen LogP contribution in [0.3, 0.4) is 0 Å². The Bertz CT molecular complexity index is 1120.